The molecule has 1 N–H and O–H groups in total. The van der Waals surface area contributed by atoms with Crippen molar-refractivity contribution in [2.24, 2.45) is 11.8 Å². The molecule has 0 aromatic heterocycles. The molecule has 0 aliphatic carbocycles. The minimum atomic E-state index is -0.840. The lowest BCUT2D eigenvalue weighted by molar-refractivity contribution is -0.154. The molecule has 1 spiro atoms. The third-order valence-corrected chi connectivity index (χ3v) is 11.1. The van der Waals surface area contributed by atoms with E-state index in [0.717, 1.165) is 10.8 Å². The molecule has 2 amide bonds. The molecule has 3 unspecified atom stereocenters. The topological polar surface area (TPSA) is 87.2 Å². The van der Waals surface area contributed by atoms with E-state index in [0.29, 0.717) is 12.1 Å². The van der Waals surface area contributed by atoms with Crippen LogP contribution in [-0.4, -0.2) is 74.5 Å². The van der Waals surface area contributed by atoms with Crippen LogP contribution in [0.1, 0.15) is 20.3 Å². The second kappa shape index (κ2) is 10.1. The number of alkyl halides is 1. The smallest absolute Gasteiger partial charge is 0.310 e. The van der Waals surface area contributed by atoms with Crippen molar-refractivity contribution < 1.29 is 24.2 Å². The van der Waals surface area contributed by atoms with Crippen molar-refractivity contribution in [1.82, 2.24) is 4.90 Å². The van der Waals surface area contributed by atoms with E-state index in [1.807, 2.05) is 42.5 Å². The molecule has 3 saturated heterocycles. The summed E-state index contributed by atoms with van der Waals surface area (Å²) in [5, 5.41) is 12.0. The fourth-order valence-corrected chi connectivity index (χ4v) is 9.94. The van der Waals surface area contributed by atoms with Crippen molar-refractivity contribution in [3.63, 3.8) is 0 Å². The number of carbonyl (C=O) groups excluding carboxylic acids is 3. The molecular weight excluding hydrogens is 556 g/mol. The summed E-state index contributed by atoms with van der Waals surface area (Å²) in [5.74, 6) is -2.21. The third kappa shape index (κ3) is 4.01. The van der Waals surface area contributed by atoms with Gasteiger partial charge in [0.05, 0.1) is 35.8 Å². The second-order valence-electron chi connectivity index (χ2n) is 9.96. The zero-order valence-electron chi connectivity index (χ0n) is 20.9. The van der Waals surface area contributed by atoms with Gasteiger partial charge in [-0.1, -0.05) is 52.3 Å². The lowest BCUT2D eigenvalue weighted by Crippen LogP contribution is -2.57. The number of aliphatic hydroxyl groups is 1. The van der Waals surface area contributed by atoms with Gasteiger partial charge in [-0.25, -0.2) is 0 Å². The lowest BCUT2D eigenvalue weighted by atomic mass is 9.71. The van der Waals surface area contributed by atoms with Gasteiger partial charge in [-0.2, -0.15) is 0 Å². The van der Waals surface area contributed by atoms with Gasteiger partial charge >= 0.3 is 5.97 Å². The highest BCUT2D eigenvalue weighted by Gasteiger charge is 2.76. The minimum Gasteiger partial charge on any atom is -0.466 e. The van der Waals surface area contributed by atoms with Crippen LogP contribution in [0.2, 0.25) is 0 Å². The number of nitrogens with zero attached hydrogens (tertiary/aromatic N) is 2. The highest BCUT2D eigenvalue weighted by molar-refractivity contribution is 9.09. The van der Waals surface area contributed by atoms with Crippen LogP contribution in [0.25, 0.3) is 10.8 Å². The first kappa shape index (κ1) is 26.3. The molecule has 196 valence electrons. The number of rotatable bonds is 8. The zero-order chi connectivity index (χ0) is 26.5. The molecule has 3 aliphatic heterocycles. The van der Waals surface area contributed by atoms with Crippen LogP contribution >= 0.6 is 27.7 Å². The van der Waals surface area contributed by atoms with E-state index in [1.165, 1.54) is 4.90 Å². The molecule has 7 atom stereocenters. The fourth-order valence-electron chi connectivity index (χ4n) is 6.36. The zero-order valence-corrected chi connectivity index (χ0v) is 23.3. The molecule has 37 heavy (non-hydrogen) atoms. The first-order valence-corrected chi connectivity index (χ1v) is 14.4. The number of carbonyl (C=O) groups is 3. The van der Waals surface area contributed by atoms with E-state index in [2.05, 4.69) is 22.5 Å². The quantitative estimate of drug-likeness (QED) is 0.288. The van der Waals surface area contributed by atoms with E-state index in [1.54, 1.807) is 36.6 Å². The van der Waals surface area contributed by atoms with Crippen LogP contribution in [0.3, 0.4) is 0 Å². The summed E-state index contributed by atoms with van der Waals surface area (Å²) in [6.45, 7) is 7.56. The number of hydrogen-bond acceptors (Lipinski definition) is 6. The summed E-state index contributed by atoms with van der Waals surface area (Å²) in [6, 6.07) is 12.4. The number of esters is 1. The molecule has 3 fully saturated rings. The van der Waals surface area contributed by atoms with Gasteiger partial charge in [0.25, 0.3) is 5.91 Å². The van der Waals surface area contributed by atoms with E-state index >= 15 is 0 Å². The van der Waals surface area contributed by atoms with Crippen LogP contribution < -0.4 is 4.90 Å². The lowest BCUT2D eigenvalue weighted by Gasteiger charge is -2.39. The molecule has 2 bridgehead atoms. The Hall–Kier alpha value is -2.36. The van der Waals surface area contributed by atoms with Crippen molar-refractivity contribution >= 4 is 61.9 Å². The molecule has 0 radical (unpaired) electrons. The van der Waals surface area contributed by atoms with E-state index in [9.17, 15) is 19.5 Å². The SMILES string of the molecule is C=CCN(C(=O)C1N([C@H](C)CO)C(=O)[C@@H]2[C@H](C(=O)OCC)[C@H]3SC12CC3Br)c1ccc2ccccc2c1. The van der Waals surface area contributed by atoms with Gasteiger partial charge in [-0.05, 0) is 43.2 Å². The van der Waals surface area contributed by atoms with Crippen molar-refractivity contribution in [3.05, 3.63) is 55.1 Å². The Labute approximate surface area is 229 Å². The van der Waals surface area contributed by atoms with Gasteiger partial charge in [-0.15, -0.1) is 18.3 Å². The van der Waals surface area contributed by atoms with Crippen LogP contribution in [0.15, 0.2) is 55.1 Å². The average molecular weight is 588 g/mol. The van der Waals surface area contributed by atoms with Gasteiger partial charge in [0, 0.05) is 22.3 Å². The number of aliphatic hydroxyl groups excluding tert-OH is 1. The molecule has 2 aromatic carbocycles. The van der Waals surface area contributed by atoms with Crippen LogP contribution in [0, 0.1) is 11.8 Å². The molecular formula is C28H31BrN2O5S. The summed E-state index contributed by atoms with van der Waals surface area (Å²) in [5.41, 5.74) is 0.711. The first-order chi connectivity index (χ1) is 17.8. The summed E-state index contributed by atoms with van der Waals surface area (Å²) in [6.07, 6.45) is 2.24. The molecule has 3 heterocycles. The number of anilines is 1. The number of benzene rings is 2. The maximum absolute atomic E-state index is 14.5. The van der Waals surface area contributed by atoms with Crippen LogP contribution in [-0.2, 0) is 19.1 Å². The van der Waals surface area contributed by atoms with Gasteiger partial charge in [0.1, 0.15) is 6.04 Å². The molecule has 9 heteroatoms. The Morgan fingerprint density at radius 2 is 2.05 bits per heavy atom. The maximum atomic E-state index is 14.5. The van der Waals surface area contributed by atoms with Crippen molar-refractivity contribution in [2.45, 2.75) is 47.2 Å². The normalized spacial score (nSPS) is 30.9. The van der Waals surface area contributed by atoms with Crippen molar-refractivity contribution in [1.29, 1.82) is 0 Å². The number of likely N-dealkylation sites (tertiary alicyclic amines) is 1. The van der Waals surface area contributed by atoms with Crippen LogP contribution in [0.5, 0.6) is 0 Å². The second-order valence-corrected chi connectivity index (χ2v) is 12.7. The first-order valence-electron chi connectivity index (χ1n) is 12.6. The number of amides is 2. The highest BCUT2D eigenvalue weighted by Crippen LogP contribution is 2.68. The van der Waals surface area contributed by atoms with Gasteiger partial charge in [0.15, 0.2) is 0 Å². The monoisotopic (exact) mass is 586 g/mol. The Morgan fingerprint density at radius 3 is 2.73 bits per heavy atom. The average Bonchev–Trinajstić information content (AvgIpc) is 3.49. The van der Waals surface area contributed by atoms with Crippen LogP contribution in [0.4, 0.5) is 5.69 Å². The summed E-state index contributed by atoms with van der Waals surface area (Å²) in [7, 11) is 0. The molecule has 3 aliphatic rings. The standard InChI is InChI=1S/C28H31BrN2O5S/c1-4-12-30(19-11-10-17-8-6-7-9-18(17)13-19)26(34)24-28-14-20(29)23(37-28)21(27(35)36-5-2)22(28)25(33)31(24)16(3)15-32/h4,6-11,13,16,20-24,32H,1,5,12,14-15H2,2-3H3/t16-,20?,21+,22+,23+,24?,28?/m1/s1. The minimum absolute atomic E-state index is 0.0378. The number of halogens is 1. The molecule has 7 nitrogen and oxygen atoms in total. The van der Waals surface area contributed by atoms with E-state index in [-0.39, 0.29) is 41.6 Å². The third-order valence-electron chi connectivity index (χ3n) is 7.88. The van der Waals surface area contributed by atoms with Crippen molar-refractivity contribution in [3.8, 4) is 0 Å². The Morgan fingerprint density at radius 1 is 1.32 bits per heavy atom. The maximum Gasteiger partial charge on any atom is 0.310 e. The van der Waals surface area contributed by atoms with Gasteiger partial charge in [0.2, 0.25) is 5.91 Å². The Kier molecular flexibility index (Phi) is 7.15. The summed E-state index contributed by atoms with van der Waals surface area (Å²) < 4.78 is 4.59. The summed E-state index contributed by atoms with van der Waals surface area (Å²) >= 11 is 5.31. The predicted molar refractivity (Wildman–Crippen MR) is 149 cm³/mol. The predicted octanol–water partition coefficient (Wildman–Crippen LogP) is 3.77. The highest BCUT2D eigenvalue weighted by atomic mass is 79.9. The molecule has 2 aromatic rings. The molecule has 5 rings (SSSR count). The number of hydrogen-bond donors (Lipinski definition) is 1. The van der Waals surface area contributed by atoms with Gasteiger partial charge in [-0.3, -0.25) is 14.4 Å². The Bertz CT molecular complexity index is 1260. The van der Waals surface area contributed by atoms with E-state index in [4.69, 9.17) is 4.74 Å². The number of thioether (sulfide) groups is 1. The fraction of sp³-hybridized carbons (Fsp3) is 0.464. The van der Waals surface area contributed by atoms with Crippen molar-refractivity contribution in [2.75, 3.05) is 24.7 Å². The Balaban J connectivity index is 1.61. The molecule has 0 saturated carbocycles. The number of fused-ring (bicyclic) bond motifs is 2. The summed E-state index contributed by atoms with van der Waals surface area (Å²) in [4.78, 5) is 44.8. The largest absolute Gasteiger partial charge is 0.466 e. The van der Waals surface area contributed by atoms with Gasteiger partial charge < -0.3 is 19.6 Å². The van der Waals surface area contributed by atoms with E-state index < -0.39 is 34.6 Å². The number of ether oxygens (including phenoxy) is 1.